The largest absolute Gasteiger partial charge is 0.481 e. The van der Waals surface area contributed by atoms with Gasteiger partial charge in [0.1, 0.15) is 0 Å². The van der Waals surface area contributed by atoms with Crippen molar-refractivity contribution in [1.82, 2.24) is 4.90 Å². The predicted molar refractivity (Wildman–Crippen MR) is 73.2 cm³/mol. The summed E-state index contributed by atoms with van der Waals surface area (Å²) in [6.45, 7) is 2.05. The topological polar surface area (TPSA) is 77.8 Å². The lowest BCUT2D eigenvalue weighted by Gasteiger charge is -2.15. The van der Waals surface area contributed by atoms with Crippen LogP contribution in [0.4, 0.5) is 0 Å². The molecule has 1 heterocycles. The number of rotatable bonds is 6. The van der Waals surface area contributed by atoms with E-state index in [-0.39, 0.29) is 24.7 Å². The van der Waals surface area contributed by atoms with Gasteiger partial charge in [-0.15, -0.1) is 0 Å². The summed E-state index contributed by atoms with van der Waals surface area (Å²) < 4.78 is 0. The molecule has 0 amide bonds. The number of carbonyl (C=O) groups is 2. The molecule has 2 atom stereocenters. The van der Waals surface area contributed by atoms with Crippen molar-refractivity contribution in [2.75, 3.05) is 13.1 Å². The van der Waals surface area contributed by atoms with E-state index >= 15 is 0 Å². The summed E-state index contributed by atoms with van der Waals surface area (Å²) in [6.07, 6.45) is 0.0898. The molecule has 20 heavy (non-hydrogen) atoms. The first kappa shape index (κ1) is 14.5. The van der Waals surface area contributed by atoms with E-state index in [4.69, 9.17) is 10.2 Å². The van der Waals surface area contributed by atoms with Crippen LogP contribution in [0.15, 0.2) is 30.3 Å². The Morgan fingerprint density at radius 1 is 1.00 bits per heavy atom. The third-order valence-corrected chi connectivity index (χ3v) is 3.77. The molecule has 5 heteroatoms. The number of likely N-dealkylation sites (tertiary alicyclic amines) is 1. The maximum atomic E-state index is 10.9. The molecule has 0 aliphatic carbocycles. The lowest BCUT2D eigenvalue weighted by molar-refractivity contribution is -0.141. The SMILES string of the molecule is O=C(O)C[C@@H]1CN(Cc2ccccc2)C[C@H]1CC(=O)O. The van der Waals surface area contributed by atoms with Crippen LogP contribution in [0.1, 0.15) is 18.4 Å². The molecular weight excluding hydrogens is 258 g/mol. The zero-order valence-electron chi connectivity index (χ0n) is 11.2. The highest BCUT2D eigenvalue weighted by Gasteiger charge is 2.35. The van der Waals surface area contributed by atoms with E-state index in [1.54, 1.807) is 0 Å². The summed E-state index contributed by atoms with van der Waals surface area (Å²) in [6, 6.07) is 9.94. The highest BCUT2D eigenvalue weighted by molar-refractivity contribution is 5.69. The lowest BCUT2D eigenvalue weighted by atomic mass is 9.90. The minimum atomic E-state index is -0.855. The highest BCUT2D eigenvalue weighted by Crippen LogP contribution is 2.30. The maximum absolute atomic E-state index is 10.9. The average molecular weight is 277 g/mol. The van der Waals surface area contributed by atoms with Crippen molar-refractivity contribution in [2.24, 2.45) is 11.8 Å². The molecule has 0 spiro atoms. The molecule has 108 valence electrons. The zero-order chi connectivity index (χ0) is 14.5. The third kappa shape index (κ3) is 4.06. The van der Waals surface area contributed by atoms with Crippen molar-refractivity contribution in [1.29, 1.82) is 0 Å². The van der Waals surface area contributed by atoms with Gasteiger partial charge in [0, 0.05) is 32.5 Å². The van der Waals surface area contributed by atoms with Crippen molar-refractivity contribution < 1.29 is 19.8 Å². The van der Waals surface area contributed by atoms with Crippen molar-refractivity contribution in [3.05, 3.63) is 35.9 Å². The Labute approximate surface area is 117 Å². The Kier molecular flexibility index (Phi) is 4.74. The van der Waals surface area contributed by atoms with Crippen molar-refractivity contribution >= 4 is 11.9 Å². The van der Waals surface area contributed by atoms with Gasteiger partial charge in [-0.2, -0.15) is 0 Å². The molecule has 1 fully saturated rings. The van der Waals surface area contributed by atoms with Gasteiger partial charge in [-0.05, 0) is 17.4 Å². The minimum Gasteiger partial charge on any atom is -0.481 e. The van der Waals surface area contributed by atoms with Crippen molar-refractivity contribution in [2.45, 2.75) is 19.4 Å². The molecule has 0 saturated carbocycles. The molecule has 0 unspecified atom stereocenters. The number of carboxylic acids is 2. The Balaban J connectivity index is 1.99. The van der Waals surface area contributed by atoms with E-state index in [1.807, 2.05) is 30.3 Å². The number of aliphatic carboxylic acids is 2. The summed E-state index contributed by atoms with van der Waals surface area (Å²) in [7, 11) is 0. The van der Waals surface area contributed by atoms with Gasteiger partial charge >= 0.3 is 11.9 Å². The molecule has 1 aliphatic heterocycles. The van der Waals surface area contributed by atoms with Gasteiger partial charge in [-0.1, -0.05) is 30.3 Å². The van der Waals surface area contributed by atoms with Gasteiger partial charge in [-0.25, -0.2) is 0 Å². The van der Waals surface area contributed by atoms with Crippen molar-refractivity contribution in [3.8, 4) is 0 Å². The summed E-state index contributed by atoms with van der Waals surface area (Å²) in [5.41, 5.74) is 1.16. The predicted octanol–water partition coefficient (Wildman–Crippen LogP) is 1.68. The first-order valence-electron chi connectivity index (χ1n) is 6.74. The molecule has 2 rings (SSSR count). The van der Waals surface area contributed by atoms with E-state index in [0.29, 0.717) is 13.1 Å². The molecule has 1 aliphatic rings. The second-order valence-corrected chi connectivity index (χ2v) is 5.40. The Bertz CT molecular complexity index is 450. The fourth-order valence-corrected chi connectivity index (χ4v) is 2.92. The zero-order valence-corrected chi connectivity index (χ0v) is 11.2. The maximum Gasteiger partial charge on any atom is 0.303 e. The van der Waals surface area contributed by atoms with Gasteiger partial charge in [-0.3, -0.25) is 14.5 Å². The quantitative estimate of drug-likeness (QED) is 0.827. The van der Waals surface area contributed by atoms with Crippen LogP contribution in [0.2, 0.25) is 0 Å². The van der Waals surface area contributed by atoms with E-state index < -0.39 is 11.9 Å². The number of hydrogen-bond acceptors (Lipinski definition) is 3. The van der Waals surface area contributed by atoms with Gasteiger partial charge in [0.2, 0.25) is 0 Å². The van der Waals surface area contributed by atoms with Crippen LogP contribution < -0.4 is 0 Å². The Hall–Kier alpha value is -1.88. The van der Waals surface area contributed by atoms with E-state index in [9.17, 15) is 9.59 Å². The highest BCUT2D eigenvalue weighted by atomic mass is 16.4. The summed E-state index contributed by atoms with van der Waals surface area (Å²) >= 11 is 0. The van der Waals surface area contributed by atoms with E-state index in [0.717, 1.165) is 12.1 Å². The van der Waals surface area contributed by atoms with Gasteiger partial charge in [0.25, 0.3) is 0 Å². The van der Waals surface area contributed by atoms with Crippen LogP contribution in [-0.4, -0.2) is 40.1 Å². The summed E-state index contributed by atoms with van der Waals surface area (Å²) in [5, 5.41) is 17.9. The Morgan fingerprint density at radius 3 is 1.95 bits per heavy atom. The van der Waals surface area contributed by atoms with E-state index in [2.05, 4.69) is 4.90 Å². The molecule has 0 radical (unpaired) electrons. The average Bonchev–Trinajstić information content (AvgIpc) is 2.70. The number of hydrogen-bond donors (Lipinski definition) is 2. The minimum absolute atomic E-state index is 0.0449. The first-order chi connectivity index (χ1) is 9.54. The monoisotopic (exact) mass is 277 g/mol. The fraction of sp³-hybridized carbons (Fsp3) is 0.467. The van der Waals surface area contributed by atoms with Gasteiger partial charge < -0.3 is 10.2 Å². The van der Waals surface area contributed by atoms with Crippen LogP contribution in [0.5, 0.6) is 0 Å². The third-order valence-electron chi connectivity index (χ3n) is 3.77. The molecule has 0 aromatic heterocycles. The van der Waals surface area contributed by atoms with Gasteiger partial charge in [0.05, 0.1) is 0 Å². The summed E-state index contributed by atoms with van der Waals surface area (Å²) in [5.74, 6) is -1.86. The van der Waals surface area contributed by atoms with Crippen molar-refractivity contribution in [3.63, 3.8) is 0 Å². The Morgan fingerprint density at radius 2 is 1.50 bits per heavy atom. The number of benzene rings is 1. The second kappa shape index (κ2) is 6.52. The molecular formula is C15H19NO4. The van der Waals surface area contributed by atoms with Crippen LogP contribution in [0.25, 0.3) is 0 Å². The van der Waals surface area contributed by atoms with Crippen LogP contribution in [0.3, 0.4) is 0 Å². The fourth-order valence-electron chi connectivity index (χ4n) is 2.92. The molecule has 0 bridgehead atoms. The van der Waals surface area contributed by atoms with Crippen LogP contribution in [-0.2, 0) is 16.1 Å². The van der Waals surface area contributed by atoms with Crippen LogP contribution in [0, 0.1) is 11.8 Å². The number of nitrogens with zero attached hydrogens (tertiary/aromatic N) is 1. The standard InChI is InChI=1S/C15H19NO4/c17-14(18)6-12-9-16(10-13(12)7-15(19)20)8-11-4-2-1-3-5-11/h1-5,12-13H,6-10H2,(H,17,18)(H,19,20)/t12-,13-/m1/s1. The second-order valence-electron chi connectivity index (χ2n) is 5.40. The van der Waals surface area contributed by atoms with E-state index in [1.165, 1.54) is 0 Å². The number of carboxylic acid groups (broad SMARTS) is 2. The molecule has 2 N–H and O–H groups in total. The summed E-state index contributed by atoms with van der Waals surface area (Å²) in [4.78, 5) is 23.9. The lowest BCUT2D eigenvalue weighted by Crippen LogP contribution is -2.20. The smallest absolute Gasteiger partial charge is 0.303 e. The molecule has 1 aromatic carbocycles. The normalized spacial score (nSPS) is 22.8. The van der Waals surface area contributed by atoms with Crippen LogP contribution >= 0.6 is 0 Å². The molecule has 1 aromatic rings. The van der Waals surface area contributed by atoms with Gasteiger partial charge in [0.15, 0.2) is 0 Å². The first-order valence-corrected chi connectivity index (χ1v) is 6.74. The molecule has 1 saturated heterocycles. The molecule has 5 nitrogen and oxygen atoms in total.